The predicted octanol–water partition coefficient (Wildman–Crippen LogP) is 11.6. The maximum atomic E-state index is 7.79. The highest BCUT2D eigenvalue weighted by molar-refractivity contribution is 6.20. The molecule has 0 amide bonds. The largest absolute Gasteiger partial charge is 0.404 e. The van der Waals surface area contributed by atoms with Crippen LogP contribution in [0.15, 0.2) is 165 Å². The van der Waals surface area contributed by atoms with Crippen molar-refractivity contribution in [2.75, 3.05) is 0 Å². The lowest BCUT2D eigenvalue weighted by atomic mass is 9.96. The van der Waals surface area contributed by atoms with Crippen molar-refractivity contribution in [1.29, 1.82) is 5.41 Å². The van der Waals surface area contributed by atoms with Crippen molar-refractivity contribution in [2.24, 2.45) is 5.73 Å². The average Bonchev–Trinajstić information content (AvgIpc) is 3.47. The van der Waals surface area contributed by atoms with Gasteiger partial charge in [0, 0.05) is 34.0 Å². The van der Waals surface area contributed by atoms with Gasteiger partial charge >= 0.3 is 0 Å². The molecule has 7 aromatic carbocycles. The number of rotatable bonds is 7. The van der Waals surface area contributed by atoms with E-state index >= 15 is 0 Å². The van der Waals surface area contributed by atoms with Crippen LogP contribution in [0.1, 0.15) is 11.1 Å². The third-order valence-electron chi connectivity index (χ3n) is 9.44. The van der Waals surface area contributed by atoms with Crippen LogP contribution in [0, 0.1) is 5.41 Å². The zero-order valence-corrected chi connectivity index (χ0v) is 26.4. The van der Waals surface area contributed by atoms with Crippen LogP contribution in [0.3, 0.4) is 0 Å². The van der Waals surface area contributed by atoms with Gasteiger partial charge in [0.1, 0.15) is 0 Å². The highest BCUT2D eigenvalue weighted by Crippen LogP contribution is 2.40. The Morgan fingerprint density at radius 2 is 1.25 bits per heavy atom. The van der Waals surface area contributed by atoms with Crippen molar-refractivity contribution < 1.29 is 0 Å². The summed E-state index contributed by atoms with van der Waals surface area (Å²) in [5, 5.41) is 17.3. The molecule has 0 aliphatic heterocycles. The van der Waals surface area contributed by atoms with E-state index in [-0.39, 0.29) is 0 Å². The average molecular weight is 616 g/mol. The van der Waals surface area contributed by atoms with Crippen LogP contribution >= 0.6 is 0 Å². The standard InChI is InChI=1S/C45H33N3/c1-3-8-38(28-47)35-16-15-31-23-32(13-14-33(31)24-35)34-17-20-40-37(25-34)19-22-42-41-21-18-36(29(4-2)27-46)26-44(41)48(45(40)42)43-12-7-10-30-9-5-6-11-39(30)43/h3-28,47H,1-2,46H2/b29-27+,38-8+,47-28?. The van der Waals surface area contributed by atoms with Crippen LogP contribution in [0.25, 0.3) is 82.1 Å². The van der Waals surface area contributed by atoms with Crippen molar-refractivity contribution in [1.82, 2.24) is 4.57 Å². The molecule has 0 aliphatic rings. The Hall–Kier alpha value is -6.45. The highest BCUT2D eigenvalue weighted by atomic mass is 15.0. The van der Waals surface area contributed by atoms with Crippen molar-refractivity contribution in [2.45, 2.75) is 0 Å². The molecule has 8 aromatic rings. The van der Waals surface area contributed by atoms with Crippen molar-refractivity contribution >= 4 is 71.5 Å². The minimum atomic E-state index is 0.839. The lowest BCUT2D eigenvalue weighted by Gasteiger charge is -2.14. The van der Waals surface area contributed by atoms with Gasteiger partial charge in [-0.1, -0.05) is 128 Å². The minimum Gasteiger partial charge on any atom is -0.404 e. The Bertz CT molecular complexity index is 2680. The molecule has 0 atom stereocenters. The van der Waals surface area contributed by atoms with E-state index in [0.29, 0.717) is 0 Å². The Morgan fingerprint density at radius 1 is 0.583 bits per heavy atom. The molecule has 3 heteroatoms. The van der Waals surface area contributed by atoms with Gasteiger partial charge in [-0.05, 0) is 85.3 Å². The number of hydrogen-bond acceptors (Lipinski definition) is 2. The van der Waals surface area contributed by atoms with E-state index in [0.717, 1.165) is 49.8 Å². The number of aromatic nitrogens is 1. The van der Waals surface area contributed by atoms with Crippen LogP contribution in [0.5, 0.6) is 0 Å². The third kappa shape index (κ3) is 4.64. The first kappa shape index (κ1) is 29.0. The van der Waals surface area contributed by atoms with Gasteiger partial charge in [0.25, 0.3) is 0 Å². The number of nitrogens with one attached hydrogen (secondary N) is 1. The fourth-order valence-electron chi connectivity index (χ4n) is 7.09. The van der Waals surface area contributed by atoms with Gasteiger partial charge in [0.2, 0.25) is 0 Å². The molecule has 228 valence electrons. The molecule has 3 N–H and O–H groups in total. The van der Waals surface area contributed by atoms with E-state index < -0.39 is 0 Å². The van der Waals surface area contributed by atoms with Crippen LogP contribution in [0.4, 0.5) is 0 Å². The smallest absolute Gasteiger partial charge is 0.0619 e. The Morgan fingerprint density at radius 3 is 2.06 bits per heavy atom. The predicted molar refractivity (Wildman–Crippen MR) is 208 cm³/mol. The Labute approximate surface area is 279 Å². The molecule has 3 nitrogen and oxygen atoms in total. The zero-order valence-electron chi connectivity index (χ0n) is 26.4. The first-order chi connectivity index (χ1) is 23.6. The molecule has 1 aromatic heterocycles. The summed E-state index contributed by atoms with van der Waals surface area (Å²) in [5.41, 5.74) is 15.6. The minimum absolute atomic E-state index is 0.839. The summed E-state index contributed by atoms with van der Waals surface area (Å²) in [4.78, 5) is 0. The van der Waals surface area contributed by atoms with E-state index in [1.807, 2.05) is 12.2 Å². The molecule has 1 heterocycles. The molecule has 0 saturated carbocycles. The number of nitrogens with two attached hydrogens (primary N) is 1. The Kier molecular flexibility index (Phi) is 7.08. The summed E-state index contributed by atoms with van der Waals surface area (Å²) in [6, 6.07) is 45.9. The Balaban J connectivity index is 1.35. The van der Waals surface area contributed by atoms with Crippen LogP contribution in [-0.4, -0.2) is 10.8 Å². The first-order valence-electron chi connectivity index (χ1n) is 16.0. The maximum Gasteiger partial charge on any atom is 0.0619 e. The van der Waals surface area contributed by atoms with Crippen molar-refractivity contribution in [3.63, 3.8) is 0 Å². The summed E-state index contributed by atoms with van der Waals surface area (Å²) < 4.78 is 2.42. The molecular formula is C45H33N3. The second-order valence-corrected chi connectivity index (χ2v) is 12.1. The summed E-state index contributed by atoms with van der Waals surface area (Å²) in [6.45, 7) is 7.78. The van der Waals surface area contributed by atoms with Gasteiger partial charge in [-0.2, -0.15) is 0 Å². The normalized spacial score (nSPS) is 12.3. The third-order valence-corrected chi connectivity index (χ3v) is 9.44. The summed E-state index contributed by atoms with van der Waals surface area (Å²) in [6.07, 6.45) is 8.38. The van der Waals surface area contributed by atoms with Crippen LogP contribution in [-0.2, 0) is 0 Å². The lowest BCUT2D eigenvalue weighted by molar-refractivity contribution is 1.20. The lowest BCUT2D eigenvalue weighted by Crippen LogP contribution is -1.97. The second kappa shape index (κ2) is 11.7. The van der Waals surface area contributed by atoms with E-state index in [1.54, 1.807) is 12.3 Å². The molecule has 48 heavy (non-hydrogen) atoms. The molecule has 0 unspecified atom stereocenters. The SMILES string of the molecule is C=C/C=C(\C=N)c1ccc2cc(-c3ccc4c(ccc5c6ccc(/C(C=C)=C/N)cc6n(-c6cccc7ccccc67)c45)c3)ccc2c1. The number of allylic oxidation sites excluding steroid dienone is 5. The van der Waals surface area contributed by atoms with Crippen molar-refractivity contribution in [3.8, 4) is 16.8 Å². The molecule has 0 aliphatic carbocycles. The molecule has 0 saturated heterocycles. The number of nitrogens with zero attached hydrogens (tertiary/aromatic N) is 1. The molecule has 0 fully saturated rings. The fraction of sp³-hybridized carbons (Fsp3) is 0. The zero-order chi connectivity index (χ0) is 32.8. The molecular weight excluding hydrogens is 583 g/mol. The molecule has 0 radical (unpaired) electrons. The maximum absolute atomic E-state index is 7.79. The van der Waals surface area contributed by atoms with E-state index in [2.05, 4.69) is 145 Å². The molecule has 0 bridgehead atoms. The first-order valence-corrected chi connectivity index (χ1v) is 16.0. The van der Waals surface area contributed by atoms with Gasteiger partial charge in [0.05, 0.1) is 16.7 Å². The number of fused-ring (bicyclic) bond motifs is 7. The second-order valence-electron chi connectivity index (χ2n) is 12.1. The quantitative estimate of drug-likeness (QED) is 0.136. The topological polar surface area (TPSA) is 54.8 Å². The molecule has 0 spiro atoms. The fourth-order valence-corrected chi connectivity index (χ4v) is 7.09. The summed E-state index contributed by atoms with van der Waals surface area (Å²) in [7, 11) is 0. The van der Waals surface area contributed by atoms with Gasteiger partial charge in [-0.3, -0.25) is 0 Å². The number of hydrogen-bond donors (Lipinski definition) is 2. The van der Waals surface area contributed by atoms with Crippen LogP contribution < -0.4 is 5.73 Å². The van der Waals surface area contributed by atoms with Crippen molar-refractivity contribution in [3.05, 3.63) is 176 Å². The van der Waals surface area contributed by atoms with Gasteiger partial charge in [-0.15, -0.1) is 0 Å². The van der Waals surface area contributed by atoms with E-state index in [4.69, 9.17) is 11.1 Å². The highest BCUT2D eigenvalue weighted by Gasteiger charge is 2.18. The summed E-state index contributed by atoms with van der Waals surface area (Å²) in [5.74, 6) is 0. The van der Waals surface area contributed by atoms with Gasteiger partial charge in [0.15, 0.2) is 0 Å². The van der Waals surface area contributed by atoms with Gasteiger partial charge in [-0.25, -0.2) is 0 Å². The number of benzene rings is 7. The monoisotopic (exact) mass is 615 g/mol. The molecule has 8 rings (SSSR count). The summed E-state index contributed by atoms with van der Waals surface area (Å²) >= 11 is 0. The van der Waals surface area contributed by atoms with Gasteiger partial charge < -0.3 is 15.7 Å². The van der Waals surface area contributed by atoms with Crippen LogP contribution in [0.2, 0.25) is 0 Å². The van der Waals surface area contributed by atoms with E-state index in [1.165, 1.54) is 49.6 Å². The van der Waals surface area contributed by atoms with E-state index in [9.17, 15) is 0 Å².